The van der Waals surface area contributed by atoms with Crippen molar-refractivity contribution in [3.8, 4) is 0 Å². The maximum absolute atomic E-state index is 12.0. The fraction of sp³-hybridized carbons (Fsp3) is 0.833. The fourth-order valence-electron chi connectivity index (χ4n) is 2.00. The van der Waals surface area contributed by atoms with Crippen LogP contribution in [0.3, 0.4) is 0 Å². The molecule has 0 aromatic carbocycles. The Morgan fingerprint density at radius 1 is 1.41 bits per heavy atom. The Kier molecular flexibility index (Phi) is 4.51. The molecule has 1 amide bonds. The van der Waals surface area contributed by atoms with Gasteiger partial charge in [0.2, 0.25) is 5.91 Å². The van der Waals surface area contributed by atoms with Crippen LogP contribution in [-0.4, -0.2) is 50.1 Å². The first kappa shape index (κ1) is 14.0. The lowest BCUT2D eigenvalue weighted by Crippen LogP contribution is -2.51. The number of likely N-dealkylation sites (tertiary alicyclic amines) is 1. The van der Waals surface area contributed by atoms with Gasteiger partial charge in [-0.15, -0.1) is 0 Å². The van der Waals surface area contributed by atoms with Gasteiger partial charge in [0.1, 0.15) is 5.41 Å². The molecule has 0 spiro atoms. The molecule has 1 saturated heterocycles. The normalized spacial score (nSPS) is 22.0. The Balaban J connectivity index is 2.56. The van der Waals surface area contributed by atoms with Crippen molar-refractivity contribution < 1.29 is 14.3 Å². The van der Waals surface area contributed by atoms with Gasteiger partial charge in [-0.2, -0.15) is 0 Å². The number of amides is 1. The summed E-state index contributed by atoms with van der Waals surface area (Å²) in [6.45, 7) is 5.07. The van der Waals surface area contributed by atoms with E-state index in [-0.39, 0.29) is 11.9 Å². The van der Waals surface area contributed by atoms with Crippen LogP contribution in [0, 0.1) is 5.41 Å². The molecule has 1 heterocycles. The molecule has 1 rings (SSSR count). The van der Waals surface area contributed by atoms with E-state index in [1.807, 2.05) is 7.05 Å². The highest BCUT2D eigenvalue weighted by atomic mass is 16.5. The van der Waals surface area contributed by atoms with Crippen LogP contribution in [0.2, 0.25) is 0 Å². The van der Waals surface area contributed by atoms with Gasteiger partial charge in [-0.05, 0) is 40.3 Å². The van der Waals surface area contributed by atoms with Crippen molar-refractivity contribution in [3.63, 3.8) is 0 Å². The van der Waals surface area contributed by atoms with Gasteiger partial charge in [0.25, 0.3) is 0 Å². The minimum Gasteiger partial charge on any atom is -0.468 e. The number of rotatable bonds is 3. The van der Waals surface area contributed by atoms with E-state index < -0.39 is 11.4 Å². The number of carbonyl (C=O) groups is 2. The molecule has 0 radical (unpaired) electrons. The standard InChI is InChI=1S/C12H22N2O3/c1-12(2,11(16)17-4)10(15)13-9-6-5-7-14(3)8-9/h9H,5-8H2,1-4H3,(H,13,15). The van der Waals surface area contributed by atoms with Gasteiger partial charge in [0, 0.05) is 12.6 Å². The minimum atomic E-state index is -1.12. The molecule has 0 aliphatic carbocycles. The third-order valence-corrected chi connectivity index (χ3v) is 3.22. The van der Waals surface area contributed by atoms with Crippen LogP contribution in [0.15, 0.2) is 0 Å². The summed E-state index contributed by atoms with van der Waals surface area (Å²) in [5.41, 5.74) is -1.12. The summed E-state index contributed by atoms with van der Waals surface area (Å²) < 4.78 is 4.64. The summed E-state index contributed by atoms with van der Waals surface area (Å²) in [6, 6.07) is 0.130. The number of esters is 1. The van der Waals surface area contributed by atoms with E-state index >= 15 is 0 Å². The monoisotopic (exact) mass is 242 g/mol. The Hall–Kier alpha value is -1.10. The van der Waals surface area contributed by atoms with Crippen molar-refractivity contribution in [2.75, 3.05) is 27.2 Å². The predicted molar refractivity (Wildman–Crippen MR) is 64.5 cm³/mol. The average Bonchev–Trinajstić information content (AvgIpc) is 2.27. The smallest absolute Gasteiger partial charge is 0.320 e. The highest BCUT2D eigenvalue weighted by Crippen LogP contribution is 2.18. The molecule has 98 valence electrons. The molecule has 1 unspecified atom stereocenters. The number of hydrogen-bond donors (Lipinski definition) is 1. The molecule has 17 heavy (non-hydrogen) atoms. The lowest BCUT2D eigenvalue weighted by atomic mass is 9.91. The Bertz CT molecular complexity index is 302. The van der Waals surface area contributed by atoms with Gasteiger partial charge >= 0.3 is 5.97 Å². The maximum Gasteiger partial charge on any atom is 0.320 e. The number of likely N-dealkylation sites (N-methyl/N-ethyl adjacent to an activating group) is 1. The van der Waals surface area contributed by atoms with E-state index in [0.29, 0.717) is 0 Å². The van der Waals surface area contributed by atoms with Crippen LogP contribution < -0.4 is 5.32 Å². The highest BCUT2D eigenvalue weighted by Gasteiger charge is 2.38. The summed E-state index contributed by atoms with van der Waals surface area (Å²) in [5, 5.41) is 2.92. The molecule has 0 bridgehead atoms. The zero-order valence-corrected chi connectivity index (χ0v) is 11.1. The molecule has 1 atom stereocenters. The van der Waals surface area contributed by atoms with E-state index in [4.69, 9.17) is 0 Å². The number of nitrogens with one attached hydrogen (secondary N) is 1. The maximum atomic E-state index is 12.0. The molecular weight excluding hydrogens is 220 g/mol. The van der Waals surface area contributed by atoms with E-state index in [0.717, 1.165) is 25.9 Å². The summed E-state index contributed by atoms with van der Waals surface area (Å²) in [5.74, 6) is -0.760. The van der Waals surface area contributed by atoms with Crippen LogP contribution in [-0.2, 0) is 14.3 Å². The Labute approximate surface area is 102 Å². The topological polar surface area (TPSA) is 58.6 Å². The number of piperidine rings is 1. The van der Waals surface area contributed by atoms with Crippen LogP contribution in [0.1, 0.15) is 26.7 Å². The number of methoxy groups -OCH3 is 1. The van der Waals surface area contributed by atoms with Crippen LogP contribution >= 0.6 is 0 Å². The molecular formula is C12H22N2O3. The first-order valence-corrected chi connectivity index (χ1v) is 5.96. The van der Waals surface area contributed by atoms with E-state index in [9.17, 15) is 9.59 Å². The van der Waals surface area contributed by atoms with Crippen molar-refractivity contribution in [1.29, 1.82) is 0 Å². The predicted octanol–water partition coefficient (Wildman–Crippen LogP) is 0.396. The van der Waals surface area contributed by atoms with Gasteiger partial charge < -0.3 is 15.0 Å². The SMILES string of the molecule is COC(=O)C(C)(C)C(=O)NC1CCCN(C)C1. The van der Waals surface area contributed by atoms with Crippen molar-refractivity contribution in [2.45, 2.75) is 32.7 Å². The van der Waals surface area contributed by atoms with Crippen LogP contribution in [0.5, 0.6) is 0 Å². The lowest BCUT2D eigenvalue weighted by molar-refractivity contribution is -0.156. The summed E-state index contributed by atoms with van der Waals surface area (Å²) >= 11 is 0. The molecule has 1 aliphatic heterocycles. The average molecular weight is 242 g/mol. The quantitative estimate of drug-likeness (QED) is 0.575. The minimum absolute atomic E-state index is 0.130. The number of hydrogen-bond acceptors (Lipinski definition) is 4. The molecule has 0 aromatic heterocycles. The van der Waals surface area contributed by atoms with Gasteiger partial charge in [-0.3, -0.25) is 9.59 Å². The second kappa shape index (κ2) is 5.49. The first-order chi connectivity index (χ1) is 7.87. The fourth-order valence-corrected chi connectivity index (χ4v) is 2.00. The van der Waals surface area contributed by atoms with Crippen LogP contribution in [0.25, 0.3) is 0 Å². The van der Waals surface area contributed by atoms with Crippen molar-refractivity contribution in [3.05, 3.63) is 0 Å². The Morgan fingerprint density at radius 2 is 2.06 bits per heavy atom. The van der Waals surface area contributed by atoms with E-state index in [2.05, 4.69) is 15.0 Å². The van der Waals surface area contributed by atoms with Crippen molar-refractivity contribution >= 4 is 11.9 Å². The molecule has 1 fully saturated rings. The number of ether oxygens (including phenoxy) is 1. The highest BCUT2D eigenvalue weighted by molar-refractivity contribution is 6.01. The van der Waals surface area contributed by atoms with E-state index in [1.165, 1.54) is 7.11 Å². The number of nitrogens with zero attached hydrogens (tertiary/aromatic N) is 1. The van der Waals surface area contributed by atoms with Crippen molar-refractivity contribution in [2.24, 2.45) is 5.41 Å². The second-order valence-electron chi connectivity index (χ2n) is 5.19. The summed E-state index contributed by atoms with van der Waals surface area (Å²) in [6.07, 6.45) is 2.04. The zero-order chi connectivity index (χ0) is 13.1. The molecule has 1 aliphatic rings. The van der Waals surface area contributed by atoms with Gasteiger partial charge in [-0.25, -0.2) is 0 Å². The largest absolute Gasteiger partial charge is 0.468 e. The summed E-state index contributed by atoms with van der Waals surface area (Å²) in [7, 11) is 3.33. The molecule has 0 saturated carbocycles. The van der Waals surface area contributed by atoms with Gasteiger partial charge in [-0.1, -0.05) is 0 Å². The second-order valence-corrected chi connectivity index (χ2v) is 5.19. The van der Waals surface area contributed by atoms with Crippen LogP contribution in [0.4, 0.5) is 0 Å². The molecule has 1 N–H and O–H groups in total. The lowest BCUT2D eigenvalue weighted by Gasteiger charge is -2.32. The Morgan fingerprint density at radius 3 is 2.59 bits per heavy atom. The van der Waals surface area contributed by atoms with Gasteiger partial charge in [0.15, 0.2) is 0 Å². The van der Waals surface area contributed by atoms with Gasteiger partial charge in [0.05, 0.1) is 7.11 Å². The van der Waals surface area contributed by atoms with Crippen molar-refractivity contribution in [1.82, 2.24) is 10.2 Å². The molecule has 5 nitrogen and oxygen atoms in total. The zero-order valence-electron chi connectivity index (χ0n) is 11.1. The first-order valence-electron chi connectivity index (χ1n) is 5.96. The third kappa shape index (κ3) is 3.43. The number of carbonyl (C=O) groups excluding carboxylic acids is 2. The molecule has 5 heteroatoms. The molecule has 0 aromatic rings. The van der Waals surface area contributed by atoms with E-state index in [1.54, 1.807) is 13.8 Å². The summed E-state index contributed by atoms with van der Waals surface area (Å²) in [4.78, 5) is 25.7. The third-order valence-electron chi connectivity index (χ3n) is 3.22.